The van der Waals surface area contributed by atoms with Gasteiger partial charge in [0.2, 0.25) is 0 Å². The van der Waals surface area contributed by atoms with Crippen molar-refractivity contribution in [1.29, 1.82) is 0 Å². The van der Waals surface area contributed by atoms with Crippen LogP contribution in [0.1, 0.15) is 42.7 Å². The van der Waals surface area contributed by atoms with E-state index >= 15 is 0 Å². The van der Waals surface area contributed by atoms with Crippen LogP contribution in [-0.4, -0.2) is 32.7 Å². The minimum Gasteiger partial charge on any atom is -0.479 e. The normalized spacial score (nSPS) is 15.4. The zero-order valence-electron chi connectivity index (χ0n) is 16.3. The number of nitrogens with zero attached hydrogens (tertiary/aromatic N) is 3. The van der Waals surface area contributed by atoms with Crippen LogP contribution in [0, 0.1) is 0 Å². The summed E-state index contributed by atoms with van der Waals surface area (Å²) in [4.78, 5) is 29.1. The van der Waals surface area contributed by atoms with Crippen molar-refractivity contribution in [2.45, 2.75) is 32.8 Å². The third-order valence-corrected chi connectivity index (χ3v) is 4.63. The molecule has 1 unspecified atom stereocenters. The number of carbonyl (C=O) groups is 2. The van der Waals surface area contributed by atoms with E-state index in [1.54, 1.807) is 42.2 Å². The zero-order chi connectivity index (χ0) is 20.5. The van der Waals surface area contributed by atoms with Crippen LogP contribution < -0.4 is 15.4 Å². The van der Waals surface area contributed by atoms with Gasteiger partial charge >= 0.3 is 0 Å². The van der Waals surface area contributed by atoms with Crippen LogP contribution in [0.2, 0.25) is 0 Å². The molecule has 8 nitrogen and oxygen atoms in total. The molecule has 29 heavy (non-hydrogen) atoms. The molecule has 1 aromatic carbocycles. The summed E-state index contributed by atoms with van der Waals surface area (Å²) in [5, 5.41) is 10.0. The van der Waals surface area contributed by atoms with Crippen molar-refractivity contribution in [1.82, 2.24) is 14.8 Å². The molecular weight excluding hydrogens is 370 g/mol. The summed E-state index contributed by atoms with van der Waals surface area (Å²) in [6.07, 6.45) is 2.68. The summed E-state index contributed by atoms with van der Waals surface area (Å²) in [7, 11) is 0. The van der Waals surface area contributed by atoms with E-state index in [-0.39, 0.29) is 17.7 Å². The van der Waals surface area contributed by atoms with E-state index in [0.717, 1.165) is 5.69 Å². The Morgan fingerprint density at radius 3 is 2.83 bits per heavy atom. The minimum atomic E-state index is -0.547. The van der Waals surface area contributed by atoms with E-state index < -0.39 is 6.10 Å². The highest BCUT2D eigenvalue weighted by Crippen LogP contribution is 2.32. The number of nitrogens with one attached hydrogen (secondary N) is 2. The Morgan fingerprint density at radius 2 is 2.10 bits per heavy atom. The molecule has 2 aromatic heterocycles. The van der Waals surface area contributed by atoms with Crippen molar-refractivity contribution in [3.8, 4) is 11.6 Å². The van der Waals surface area contributed by atoms with E-state index in [1.165, 1.54) is 0 Å². The maximum absolute atomic E-state index is 13.0. The fourth-order valence-electron chi connectivity index (χ4n) is 3.23. The number of hydrogen-bond acceptors (Lipinski definition) is 5. The van der Waals surface area contributed by atoms with Crippen molar-refractivity contribution in [2.75, 3.05) is 10.6 Å². The molecule has 1 atom stereocenters. The van der Waals surface area contributed by atoms with Gasteiger partial charge in [0.25, 0.3) is 11.8 Å². The summed E-state index contributed by atoms with van der Waals surface area (Å²) in [6, 6.07) is 10.7. The number of carbonyl (C=O) groups excluding carboxylic acids is 2. The van der Waals surface area contributed by atoms with Gasteiger partial charge in [-0.2, -0.15) is 5.10 Å². The molecule has 0 radical (unpaired) electrons. The first-order chi connectivity index (χ1) is 13.9. The SMILES string of the molecule is CC1Oc2ccc(NC(=O)c3cnn(-c4ccccn4)c3C(C)C)cc2NC1=O. The van der Waals surface area contributed by atoms with E-state index in [0.29, 0.717) is 28.5 Å². The Balaban J connectivity index is 1.62. The monoisotopic (exact) mass is 391 g/mol. The molecule has 2 amide bonds. The summed E-state index contributed by atoms with van der Waals surface area (Å²) in [6.45, 7) is 5.68. The lowest BCUT2D eigenvalue weighted by Crippen LogP contribution is -2.34. The topological polar surface area (TPSA) is 98.1 Å². The lowest BCUT2D eigenvalue weighted by atomic mass is 10.1. The lowest BCUT2D eigenvalue weighted by Gasteiger charge is -2.23. The molecule has 3 heterocycles. The molecule has 0 aliphatic carbocycles. The van der Waals surface area contributed by atoms with Gasteiger partial charge in [-0.1, -0.05) is 19.9 Å². The number of anilines is 2. The molecule has 0 fully saturated rings. The van der Waals surface area contributed by atoms with Crippen molar-refractivity contribution < 1.29 is 14.3 Å². The van der Waals surface area contributed by atoms with Gasteiger partial charge in [-0.3, -0.25) is 9.59 Å². The number of fused-ring (bicyclic) bond motifs is 1. The molecule has 0 saturated heterocycles. The second-order valence-corrected chi connectivity index (χ2v) is 7.11. The fourth-order valence-corrected chi connectivity index (χ4v) is 3.23. The predicted molar refractivity (Wildman–Crippen MR) is 109 cm³/mol. The van der Waals surface area contributed by atoms with Crippen LogP contribution in [0.3, 0.4) is 0 Å². The van der Waals surface area contributed by atoms with Gasteiger partial charge < -0.3 is 15.4 Å². The number of pyridine rings is 1. The zero-order valence-corrected chi connectivity index (χ0v) is 16.3. The molecule has 2 N–H and O–H groups in total. The number of hydrogen-bond donors (Lipinski definition) is 2. The number of amides is 2. The highest BCUT2D eigenvalue weighted by atomic mass is 16.5. The number of ether oxygens (including phenoxy) is 1. The fraction of sp³-hybridized carbons (Fsp3) is 0.238. The predicted octanol–water partition coefficient (Wildman–Crippen LogP) is 3.36. The standard InChI is InChI=1S/C21H21N5O3/c1-12(2)19-15(11-23-26(19)18-6-4-5-9-22-18)21(28)24-14-7-8-17-16(10-14)25-20(27)13(3)29-17/h4-13H,1-3H3,(H,24,28)(H,25,27). The first-order valence-corrected chi connectivity index (χ1v) is 9.36. The number of benzene rings is 1. The van der Waals surface area contributed by atoms with Crippen LogP contribution in [0.15, 0.2) is 48.8 Å². The van der Waals surface area contributed by atoms with Crippen molar-refractivity contribution in [2.24, 2.45) is 0 Å². The second kappa shape index (κ2) is 7.38. The quantitative estimate of drug-likeness (QED) is 0.711. The van der Waals surface area contributed by atoms with Gasteiger partial charge in [0, 0.05) is 11.9 Å². The first kappa shape index (κ1) is 18.7. The van der Waals surface area contributed by atoms with Crippen LogP contribution in [0.4, 0.5) is 11.4 Å². The maximum atomic E-state index is 13.0. The molecule has 0 bridgehead atoms. The molecule has 8 heteroatoms. The molecule has 1 aliphatic rings. The molecular formula is C21H21N5O3. The average molecular weight is 391 g/mol. The first-order valence-electron chi connectivity index (χ1n) is 9.36. The summed E-state index contributed by atoms with van der Waals surface area (Å²) in [5.74, 6) is 0.767. The third-order valence-electron chi connectivity index (χ3n) is 4.63. The highest BCUT2D eigenvalue weighted by molar-refractivity contribution is 6.06. The second-order valence-electron chi connectivity index (χ2n) is 7.11. The maximum Gasteiger partial charge on any atom is 0.265 e. The Morgan fingerprint density at radius 1 is 1.28 bits per heavy atom. The molecule has 1 aliphatic heterocycles. The van der Waals surface area contributed by atoms with E-state index in [9.17, 15) is 9.59 Å². The summed E-state index contributed by atoms with van der Waals surface area (Å²) < 4.78 is 7.23. The molecule has 3 aromatic rings. The van der Waals surface area contributed by atoms with Gasteiger partial charge in [-0.25, -0.2) is 9.67 Å². The summed E-state index contributed by atoms with van der Waals surface area (Å²) >= 11 is 0. The van der Waals surface area contributed by atoms with Gasteiger partial charge in [-0.05, 0) is 43.2 Å². The Bertz CT molecular complexity index is 1080. The van der Waals surface area contributed by atoms with Gasteiger partial charge in [-0.15, -0.1) is 0 Å². The Labute approximate surface area is 167 Å². The highest BCUT2D eigenvalue weighted by Gasteiger charge is 2.25. The molecule has 148 valence electrons. The van der Waals surface area contributed by atoms with Crippen LogP contribution in [0.25, 0.3) is 5.82 Å². The lowest BCUT2D eigenvalue weighted by molar-refractivity contribution is -0.122. The minimum absolute atomic E-state index is 0.0537. The summed E-state index contributed by atoms with van der Waals surface area (Å²) in [5.41, 5.74) is 2.31. The van der Waals surface area contributed by atoms with Gasteiger partial charge in [0.05, 0.1) is 23.1 Å². The number of rotatable bonds is 4. The van der Waals surface area contributed by atoms with E-state index in [4.69, 9.17) is 4.74 Å². The molecule has 4 rings (SSSR count). The van der Waals surface area contributed by atoms with Crippen LogP contribution >= 0.6 is 0 Å². The smallest absolute Gasteiger partial charge is 0.265 e. The van der Waals surface area contributed by atoms with Crippen molar-refractivity contribution in [3.63, 3.8) is 0 Å². The van der Waals surface area contributed by atoms with E-state index in [1.807, 2.05) is 32.0 Å². The van der Waals surface area contributed by atoms with Crippen LogP contribution in [-0.2, 0) is 4.79 Å². The van der Waals surface area contributed by atoms with Crippen molar-refractivity contribution in [3.05, 3.63) is 60.0 Å². The van der Waals surface area contributed by atoms with Crippen LogP contribution in [0.5, 0.6) is 5.75 Å². The Hall–Kier alpha value is -3.68. The average Bonchev–Trinajstić information content (AvgIpc) is 3.15. The molecule has 0 spiro atoms. The van der Waals surface area contributed by atoms with E-state index in [2.05, 4.69) is 20.7 Å². The largest absolute Gasteiger partial charge is 0.479 e. The molecule has 0 saturated carbocycles. The van der Waals surface area contributed by atoms with Gasteiger partial charge in [0.15, 0.2) is 11.9 Å². The third kappa shape index (κ3) is 3.56. The van der Waals surface area contributed by atoms with Gasteiger partial charge in [0.1, 0.15) is 5.75 Å². The Kier molecular flexibility index (Phi) is 4.75. The number of aromatic nitrogens is 3. The van der Waals surface area contributed by atoms with Crippen molar-refractivity contribution >= 4 is 23.2 Å².